The molecule has 0 saturated heterocycles. The van der Waals surface area contributed by atoms with Crippen LogP contribution in [0.4, 0.5) is 0 Å². The predicted octanol–water partition coefficient (Wildman–Crippen LogP) is 2.43. The first-order valence-corrected chi connectivity index (χ1v) is 5.61. The monoisotopic (exact) mass is 205 g/mol. The van der Waals surface area contributed by atoms with E-state index in [2.05, 4.69) is 37.4 Å². The van der Waals surface area contributed by atoms with Gasteiger partial charge in [-0.1, -0.05) is 18.2 Å². The van der Waals surface area contributed by atoms with Crippen molar-refractivity contribution in [2.75, 3.05) is 7.05 Å². The summed E-state index contributed by atoms with van der Waals surface area (Å²) in [5, 5.41) is 3.27. The standard InChI is InChI=1S/C13H19NO/c1-9-5-4-6-10(2)13(9)15-12-7-11(8-12)14-3/h4-6,11-12,14H,7-8H2,1-3H3. The van der Waals surface area contributed by atoms with Gasteiger partial charge in [-0.25, -0.2) is 0 Å². The van der Waals surface area contributed by atoms with Crippen molar-refractivity contribution in [3.8, 4) is 5.75 Å². The Labute approximate surface area is 91.6 Å². The van der Waals surface area contributed by atoms with Crippen molar-refractivity contribution in [2.45, 2.75) is 38.8 Å². The van der Waals surface area contributed by atoms with Crippen molar-refractivity contribution in [3.05, 3.63) is 29.3 Å². The van der Waals surface area contributed by atoms with E-state index in [1.165, 1.54) is 11.1 Å². The molecule has 1 fully saturated rings. The van der Waals surface area contributed by atoms with Gasteiger partial charge >= 0.3 is 0 Å². The second kappa shape index (κ2) is 4.23. The molecule has 15 heavy (non-hydrogen) atoms. The van der Waals surface area contributed by atoms with Gasteiger partial charge in [0.05, 0.1) is 0 Å². The number of hydrogen-bond donors (Lipinski definition) is 1. The molecule has 2 rings (SSSR count). The fourth-order valence-corrected chi connectivity index (χ4v) is 2.05. The van der Waals surface area contributed by atoms with Gasteiger partial charge in [-0.2, -0.15) is 0 Å². The van der Waals surface area contributed by atoms with Gasteiger partial charge in [-0.3, -0.25) is 0 Å². The topological polar surface area (TPSA) is 21.3 Å². The lowest BCUT2D eigenvalue weighted by molar-refractivity contribution is 0.0871. The lowest BCUT2D eigenvalue weighted by Gasteiger charge is -2.35. The summed E-state index contributed by atoms with van der Waals surface area (Å²) >= 11 is 0. The summed E-state index contributed by atoms with van der Waals surface area (Å²) in [4.78, 5) is 0. The van der Waals surface area contributed by atoms with Crippen LogP contribution in [0.15, 0.2) is 18.2 Å². The molecule has 1 aliphatic rings. The van der Waals surface area contributed by atoms with Crippen molar-refractivity contribution in [3.63, 3.8) is 0 Å². The Morgan fingerprint density at radius 3 is 2.33 bits per heavy atom. The van der Waals surface area contributed by atoms with E-state index < -0.39 is 0 Å². The summed E-state index contributed by atoms with van der Waals surface area (Å²) in [6.07, 6.45) is 2.66. The highest BCUT2D eigenvalue weighted by Gasteiger charge is 2.29. The molecule has 82 valence electrons. The van der Waals surface area contributed by atoms with Crippen LogP contribution in [0.2, 0.25) is 0 Å². The maximum Gasteiger partial charge on any atom is 0.125 e. The third kappa shape index (κ3) is 2.15. The van der Waals surface area contributed by atoms with Crippen LogP contribution >= 0.6 is 0 Å². The third-order valence-corrected chi connectivity index (χ3v) is 3.20. The van der Waals surface area contributed by atoms with E-state index >= 15 is 0 Å². The molecule has 0 heterocycles. The molecule has 0 radical (unpaired) electrons. The maximum absolute atomic E-state index is 6.00. The van der Waals surface area contributed by atoms with Crippen molar-refractivity contribution >= 4 is 0 Å². The number of ether oxygens (including phenoxy) is 1. The van der Waals surface area contributed by atoms with Gasteiger partial charge in [0.15, 0.2) is 0 Å². The zero-order valence-electron chi connectivity index (χ0n) is 9.71. The van der Waals surface area contributed by atoms with Crippen molar-refractivity contribution < 1.29 is 4.74 Å². The molecule has 0 spiro atoms. The van der Waals surface area contributed by atoms with Crippen LogP contribution in [0.25, 0.3) is 0 Å². The third-order valence-electron chi connectivity index (χ3n) is 3.20. The lowest BCUT2D eigenvalue weighted by atomic mass is 9.89. The van der Waals surface area contributed by atoms with E-state index in [4.69, 9.17) is 4.74 Å². The molecule has 2 heteroatoms. The molecule has 1 aliphatic carbocycles. The first-order chi connectivity index (χ1) is 7.20. The predicted molar refractivity (Wildman–Crippen MR) is 62.4 cm³/mol. The Bertz CT molecular complexity index is 322. The van der Waals surface area contributed by atoms with Crippen LogP contribution in [0, 0.1) is 13.8 Å². The number of nitrogens with one attached hydrogen (secondary N) is 1. The summed E-state index contributed by atoms with van der Waals surface area (Å²) in [5.74, 6) is 1.08. The Balaban J connectivity index is 2.00. The molecule has 1 aromatic rings. The minimum atomic E-state index is 0.405. The molecule has 0 aromatic heterocycles. The number of rotatable bonds is 3. The highest BCUT2D eigenvalue weighted by atomic mass is 16.5. The van der Waals surface area contributed by atoms with Gasteiger partial charge in [0, 0.05) is 6.04 Å². The summed E-state index contributed by atoms with van der Waals surface area (Å²) in [6, 6.07) is 6.95. The average Bonchev–Trinajstić information content (AvgIpc) is 2.14. The van der Waals surface area contributed by atoms with Gasteiger partial charge in [-0.05, 0) is 44.9 Å². The molecular formula is C13H19NO. The number of para-hydroxylation sites is 1. The van der Waals surface area contributed by atoms with Crippen LogP contribution < -0.4 is 10.1 Å². The van der Waals surface area contributed by atoms with Gasteiger partial charge < -0.3 is 10.1 Å². The normalized spacial score (nSPS) is 24.7. The summed E-state index contributed by atoms with van der Waals surface area (Å²) in [6.45, 7) is 4.22. The van der Waals surface area contributed by atoms with Crippen LogP contribution in [0.5, 0.6) is 5.75 Å². The number of hydrogen-bond acceptors (Lipinski definition) is 2. The Morgan fingerprint density at radius 1 is 1.20 bits per heavy atom. The molecular weight excluding hydrogens is 186 g/mol. The Hall–Kier alpha value is -1.02. The first-order valence-electron chi connectivity index (χ1n) is 5.61. The second-order valence-electron chi connectivity index (χ2n) is 4.42. The van der Waals surface area contributed by atoms with Crippen molar-refractivity contribution in [1.29, 1.82) is 0 Å². The minimum absolute atomic E-state index is 0.405. The van der Waals surface area contributed by atoms with E-state index in [0.29, 0.717) is 12.1 Å². The molecule has 0 aliphatic heterocycles. The number of benzene rings is 1. The zero-order valence-corrected chi connectivity index (χ0v) is 9.71. The maximum atomic E-state index is 6.00. The molecule has 1 N–H and O–H groups in total. The van der Waals surface area contributed by atoms with Crippen molar-refractivity contribution in [2.24, 2.45) is 0 Å². The average molecular weight is 205 g/mol. The van der Waals surface area contributed by atoms with Crippen LogP contribution in [-0.4, -0.2) is 19.2 Å². The molecule has 0 amide bonds. The van der Waals surface area contributed by atoms with E-state index in [1.807, 2.05) is 7.05 Å². The van der Waals surface area contributed by atoms with Gasteiger partial charge in [0.2, 0.25) is 0 Å². The van der Waals surface area contributed by atoms with Crippen LogP contribution in [-0.2, 0) is 0 Å². The SMILES string of the molecule is CNC1CC(Oc2c(C)cccc2C)C1. The van der Waals surface area contributed by atoms with Gasteiger partial charge in [-0.15, -0.1) is 0 Å². The largest absolute Gasteiger partial charge is 0.490 e. The fourth-order valence-electron chi connectivity index (χ4n) is 2.05. The molecule has 2 nitrogen and oxygen atoms in total. The van der Waals surface area contributed by atoms with Crippen LogP contribution in [0.3, 0.4) is 0 Å². The second-order valence-corrected chi connectivity index (χ2v) is 4.42. The lowest BCUT2D eigenvalue weighted by Crippen LogP contribution is -2.45. The quantitative estimate of drug-likeness (QED) is 0.818. The van der Waals surface area contributed by atoms with E-state index in [-0.39, 0.29) is 0 Å². The Kier molecular flexibility index (Phi) is 2.96. The summed E-state index contributed by atoms with van der Waals surface area (Å²) in [5.41, 5.74) is 2.48. The number of aryl methyl sites for hydroxylation is 2. The van der Waals surface area contributed by atoms with E-state index in [9.17, 15) is 0 Å². The minimum Gasteiger partial charge on any atom is -0.490 e. The summed E-state index contributed by atoms with van der Waals surface area (Å²) < 4.78 is 6.00. The molecule has 0 bridgehead atoms. The zero-order chi connectivity index (χ0) is 10.8. The highest BCUT2D eigenvalue weighted by Crippen LogP contribution is 2.29. The summed E-state index contributed by atoms with van der Waals surface area (Å²) in [7, 11) is 2.01. The smallest absolute Gasteiger partial charge is 0.125 e. The molecule has 0 atom stereocenters. The molecule has 1 aromatic carbocycles. The van der Waals surface area contributed by atoms with Gasteiger partial charge in [0.1, 0.15) is 11.9 Å². The van der Waals surface area contributed by atoms with Crippen molar-refractivity contribution in [1.82, 2.24) is 5.32 Å². The van der Waals surface area contributed by atoms with Crippen LogP contribution in [0.1, 0.15) is 24.0 Å². The molecule has 0 unspecified atom stereocenters. The van der Waals surface area contributed by atoms with E-state index in [0.717, 1.165) is 18.6 Å². The fraction of sp³-hybridized carbons (Fsp3) is 0.538. The molecule has 1 saturated carbocycles. The Morgan fingerprint density at radius 2 is 1.80 bits per heavy atom. The highest BCUT2D eigenvalue weighted by molar-refractivity contribution is 5.40. The van der Waals surface area contributed by atoms with E-state index in [1.54, 1.807) is 0 Å². The first kappa shape index (κ1) is 10.5. The van der Waals surface area contributed by atoms with Gasteiger partial charge in [0.25, 0.3) is 0 Å².